The number of carbonyl (C=O) groups is 1. The molecular weight excluding hydrogens is 344 g/mol. The monoisotopic (exact) mass is 376 g/mol. The lowest BCUT2D eigenvalue weighted by Gasteiger charge is -2.27. The molecule has 2 heterocycles. The Kier molecular flexibility index (Phi) is 7.84. The summed E-state index contributed by atoms with van der Waals surface area (Å²) < 4.78 is 5.43. The van der Waals surface area contributed by atoms with E-state index in [0.29, 0.717) is 23.5 Å². The van der Waals surface area contributed by atoms with Crippen LogP contribution in [0.2, 0.25) is 0 Å². The zero-order chi connectivity index (χ0) is 18.2. The van der Waals surface area contributed by atoms with Crippen LogP contribution in [0.5, 0.6) is 0 Å². The van der Waals surface area contributed by atoms with Gasteiger partial charge in [0.15, 0.2) is 0 Å². The van der Waals surface area contributed by atoms with Crippen molar-refractivity contribution in [1.29, 1.82) is 0 Å². The SMILES string of the molecule is CC(CC(=O)Nc1cccc(CSC2CCOCC2)c1)C1CCNCC1. The third-order valence-corrected chi connectivity index (χ3v) is 7.00. The van der Waals surface area contributed by atoms with E-state index in [2.05, 4.69) is 29.7 Å². The van der Waals surface area contributed by atoms with Gasteiger partial charge in [0, 0.05) is 36.3 Å². The number of hydrogen-bond acceptors (Lipinski definition) is 4. The molecule has 1 amide bonds. The van der Waals surface area contributed by atoms with Crippen LogP contribution in [-0.2, 0) is 15.3 Å². The summed E-state index contributed by atoms with van der Waals surface area (Å²) in [7, 11) is 0. The van der Waals surface area contributed by atoms with Crippen molar-refractivity contribution < 1.29 is 9.53 Å². The molecule has 144 valence electrons. The Balaban J connectivity index is 1.45. The van der Waals surface area contributed by atoms with Crippen molar-refractivity contribution >= 4 is 23.4 Å². The molecule has 0 radical (unpaired) electrons. The van der Waals surface area contributed by atoms with Crippen LogP contribution in [0.3, 0.4) is 0 Å². The van der Waals surface area contributed by atoms with Gasteiger partial charge >= 0.3 is 0 Å². The largest absolute Gasteiger partial charge is 0.381 e. The predicted octanol–water partition coefficient (Wildman–Crippen LogP) is 4.06. The maximum absolute atomic E-state index is 12.4. The summed E-state index contributed by atoms with van der Waals surface area (Å²) in [6, 6.07) is 8.32. The van der Waals surface area contributed by atoms with Crippen LogP contribution in [0.25, 0.3) is 0 Å². The van der Waals surface area contributed by atoms with Gasteiger partial charge in [0.05, 0.1) is 0 Å². The highest BCUT2D eigenvalue weighted by molar-refractivity contribution is 7.99. The van der Waals surface area contributed by atoms with Crippen molar-refractivity contribution in [3.8, 4) is 0 Å². The second-order valence-electron chi connectivity index (χ2n) is 7.64. The second kappa shape index (κ2) is 10.3. The molecule has 1 atom stereocenters. The Labute approximate surface area is 161 Å². The number of thioether (sulfide) groups is 1. The van der Waals surface area contributed by atoms with Crippen molar-refractivity contribution in [3.05, 3.63) is 29.8 Å². The molecule has 1 aromatic carbocycles. The molecule has 0 aliphatic carbocycles. The molecule has 3 rings (SSSR count). The Hall–Kier alpha value is -1.04. The number of nitrogens with one attached hydrogen (secondary N) is 2. The van der Waals surface area contributed by atoms with Gasteiger partial charge in [-0.1, -0.05) is 19.1 Å². The highest BCUT2D eigenvalue weighted by Crippen LogP contribution is 2.27. The van der Waals surface area contributed by atoms with E-state index < -0.39 is 0 Å². The van der Waals surface area contributed by atoms with Gasteiger partial charge in [-0.3, -0.25) is 4.79 Å². The van der Waals surface area contributed by atoms with Crippen LogP contribution in [0, 0.1) is 11.8 Å². The predicted molar refractivity (Wildman–Crippen MR) is 110 cm³/mol. The van der Waals surface area contributed by atoms with Gasteiger partial charge in [-0.25, -0.2) is 0 Å². The maximum atomic E-state index is 12.4. The molecular formula is C21H32N2O2S. The molecule has 0 bridgehead atoms. The quantitative estimate of drug-likeness (QED) is 0.753. The van der Waals surface area contributed by atoms with E-state index in [9.17, 15) is 4.79 Å². The third kappa shape index (κ3) is 6.29. The average molecular weight is 377 g/mol. The van der Waals surface area contributed by atoms with Gasteiger partial charge in [0.1, 0.15) is 0 Å². The number of benzene rings is 1. The second-order valence-corrected chi connectivity index (χ2v) is 8.93. The number of piperidine rings is 1. The Bertz CT molecular complexity index is 569. The number of rotatable bonds is 7. The van der Waals surface area contributed by atoms with Gasteiger partial charge < -0.3 is 15.4 Å². The Morgan fingerprint density at radius 1 is 1.27 bits per heavy atom. The van der Waals surface area contributed by atoms with Crippen LogP contribution >= 0.6 is 11.8 Å². The minimum Gasteiger partial charge on any atom is -0.381 e. The van der Waals surface area contributed by atoms with Gasteiger partial charge in [-0.2, -0.15) is 11.8 Å². The van der Waals surface area contributed by atoms with Crippen molar-refractivity contribution in [3.63, 3.8) is 0 Å². The highest BCUT2D eigenvalue weighted by atomic mass is 32.2. The fourth-order valence-electron chi connectivity index (χ4n) is 3.88. The highest BCUT2D eigenvalue weighted by Gasteiger charge is 2.22. The van der Waals surface area contributed by atoms with Crippen molar-refractivity contribution in [2.24, 2.45) is 11.8 Å². The minimum absolute atomic E-state index is 0.144. The first-order chi connectivity index (χ1) is 12.7. The molecule has 2 N–H and O–H groups in total. The van der Waals surface area contributed by atoms with E-state index in [0.717, 1.165) is 50.6 Å². The van der Waals surface area contributed by atoms with E-state index >= 15 is 0 Å². The van der Waals surface area contributed by atoms with Crippen LogP contribution in [-0.4, -0.2) is 37.5 Å². The molecule has 2 aliphatic heterocycles. The van der Waals surface area contributed by atoms with Crippen LogP contribution in [0.4, 0.5) is 5.69 Å². The zero-order valence-corrected chi connectivity index (χ0v) is 16.7. The molecule has 1 aromatic rings. The fraction of sp³-hybridized carbons (Fsp3) is 0.667. The summed E-state index contributed by atoms with van der Waals surface area (Å²) in [5.74, 6) is 2.26. The van der Waals surface area contributed by atoms with Crippen LogP contribution in [0.15, 0.2) is 24.3 Å². The number of amides is 1. The molecule has 1 unspecified atom stereocenters. The molecule has 5 heteroatoms. The molecule has 0 aromatic heterocycles. The number of ether oxygens (including phenoxy) is 1. The summed E-state index contributed by atoms with van der Waals surface area (Å²) in [5.41, 5.74) is 2.21. The van der Waals surface area contributed by atoms with E-state index in [1.54, 1.807) is 0 Å². The van der Waals surface area contributed by atoms with Crippen LogP contribution < -0.4 is 10.6 Å². The standard InChI is InChI=1S/C21H32N2O2S/c1-16(18-5-9-22-10-6-18)13-21(24)23-19-4-2-3-17(14-19)15-26-20-7-11-25-12-8-20/h2-4,14,16,18,20,22H,5-13,15H2,1H3,(H,23,24). The molecule has 26 heavy (non-hydrogen) atoms. The average Bonchev–Trinajstić information content (AvgIpc) is 2.68. The Morgan fingerprint density at radius 3 is 2.81 bits per heavy atom. The lowest BCUT2D eigenvalue weighted by molar-refractivity contribution is -0.117. The minimum atomic E-state index is 0.144. The molecule has 2 fully saturated rings. The lowest BCUT2D eigenvalue weighted by atomic mass is 9.84. The van der Waals surface area contributed by atoms with Crippen molar-refractivity contribution in [2.45, 2.75) is 50.0 Å². The molecule has 2 saturated heterocycles. The first-order valence-corrected chi connectivity index (χ1v) is 11.0. The maximum Gasteiger partial charge on any atom is 0.224 e. The molecule has 4 nitrogen and oxygen atoms in total. The normalized spacial score (nSPS) is 20.7. The van der Waals surface area contributed by atoms with Crippen LogP contribution in [0.1, 0.15) is 44.6 Å². The summed E-state index contributed by atoms with van der Waals surface area (Å²) in [5, 5.41) is 7.20. The zero-order valence-electron chi connectivity index (χ0n) is 15.8. The van der Waals surface area contributed by atoms with Gasteiger partial charge in [-0.05, 0) is 68.3 Å². The first kappa shape index (κ1) is 19.7. The van der Waals surface area contributed by atoms with Gasteiger partial charge in [-0.15, -0.1) is 0 Å². The first-order valence-electron chi connectivity index (χ1n) is 9.99. The van der Waals surface area contributed by atoms with E-state index in [-0.39, 0.29) is 5.91 Å². The summed E-state index contributed by atoms with van der Waals surface area (Å²) in [4.78, 5) is 12.4. The molecule has 2 aliphatic rings. The summed E-state index contributed by atoms with van der Waals surface area (Å²) in [6.07, 6.45) is 5.29. The van der Waals surface area contributed by atoms with E-state index in [4.69, 9.17) is 4.74 Å². The Morgan fingerprint density at radius 2 is 2.04 bits per heavy atom. The number of anilines is 1. The lowest BCUT2D eigenvalue weighted by Crippen LogP contribution is -2.32. The number of carbonyl (C=O) groups excluding carboxylic acids is 1. The topological polar surface area (TPSA) is 50.4 Å². The van der Waals surface area contributed by atoms with Gasteiger partial charge in [0.2, 0.25) is 5.91 Å². The summed E-state index contributed by atoms with van der Waals surface area (Å²) in [6.45, 7) is 6.18. The van der Waals surface area contributed by atoms with Crippen molar-refractivity contribution in [2.75, 3.05) is 31.6 Å². The third-order valence-electron chi connectivity index (χ3n) is 5.56. The molecule has 0 saturated carbocycles. The van der Waals surface area contributed by atoms with Crippen molar-refractivity contribution in [1.82, 2.24) is 5.32 Å². The van der Waals surface area contributed by atoms with Gasteiger partial charge in [0.25, 0.3) is 0 Å². The van der Waals surface area contributed by atoms with E-state index in [1.807, 2.05) is 23.9 Å². The smallest absolute Gasteiger partial charge is 0.224 e. The number of hydrogen-bond donors (Lipinski definition) is 2. The van der Waals surface area contributed by atoms with E-state index in [1.165, 1.54) is 18.4 Å². The fourth-order valence-corrected chi connectivity index (χ4v) is 5.01. The molecule has 0 spiro atoms. The summed E-state index contributed by atoms with van der Waals surface area (Å²) >= 11 is 2.01.